The Kier molecular flexibility index (Phi) is 3.97. The van der Waals surface area contributed by atoms with Crippen molar-refractivity contribution < 1.29 is 0 Å². The molecule has 1 aliphatic heterocycles. The summed E-state index contributed by atoms with van der Waals surface area (Å²) < 4.78 is 1.19. The Hall–Kier alpha value is -0.380. The summed E-state index contributed by atoms with van der Waals surface area (Å²) in [5.41, 5.74) is 9.22. The van der Waals surface area contributed by atoms with E-state index in [4.69, 9.17) is 5.73 Å². The molecule has 3 rings (SSSR count). The van der Waals surface area contributed by atoms with E-state index in [9.17, 15) is 0 Å². The first-order valence-electron chi connectivity index (χ1n) is 7.44. The van der Waals surface area contributed by atoms with Gasteiger partial charge in [0.15, 0.2) is 0 Å². The zero-order chi connectivity index (χ0) is 13.4. The summed E-state index contributed by atoms with van der Waals surface area (Å²) >= 11 is 3.60. The maximum Gasteiger partial charge on any atom is 0.0502 e. The normalized spacial score (nSPS) is 29.2. The molecule has 1 saturated heterocycles. The summed E-state index contributed by atoms with van der Waals surface area (Å²) in [6.07, 6.45) is 6.45. The van der Waals surface area contributed by atoms with E-state index >= 15 is 0 Å². The number of benzene rings is 1. The molecule has 2 unspecified atom stereocenters. The molecule has 0 radical (unpaired) electrons. The van der Waals surface area contributed by atoms with Crippen molar-refractivity contribution in [3.63, 3.8) is 0 Å². The number of hydrogen-bond donors (Lipinski definition) is 1. The van der Waals surface area contributed by atoms with Crippen LogP contribution < -0.4 is 5.73 Å². The molecule has 1 aromatic rings. The van der Waals surface area contributed by atoms with Gasteiger partial charge in [-0.1, -0.05) is 34.5 Å². The predicted octanol–water partition coefficient (Wildman–Crippen LogP) is 3.77. The molecule has 0 aromatic heterocycles. The lowest BCUT2D eigenvalue weighted by Gasteiger charge is -2.34. The van der Waals surface area contributed by atoms with Gasteiger partial charge < -0.3 is 5.73 Å². The summed E-state index contributed by atoms with van der Waals surface area (Å²) in [5, 5.41) is 0. The first-order chi connectivity index (χ1) is 9.16. The third-order valence-corrected chi connectivity index (χ3v) is 5.40. The second-order valence-electron chi connectivity index (χ2n) is 6.08. The standard InChI is InChI=1S/C16H23BrN2/c1-11-10-12(5-8-14(11)17)16-15(18)4-2-3-9-19(16)13-6-7-13/h5,8,10,13,15-16H,2-4,6-7,9,18H2,1H3. The minimum atomic E-state index is 0.281. The largest absolute Gasteiger partial charge is 0.326 e. The first kappa shape index (κ1) is 13.6. The Morgan fingerprint density at radius 3 is 2.68 bits per heavy atom. The van der Waals surface area contributed by atoms with E-state index in [2.05, 4.69) is 46.0 Å². The maximum atomic E-state index is 6.50. The molecular formula is C16H23BrN2. The smallest absolute Gasteiger partial charge is 0.0502 e. The Bertz CT molecular complexity index is 456. The van der Waals surface area contributed by atoms with Crippen molar-refractivity contribution >= 4 is 15.9 Å². The van der Waals surface area contributed by atoms with Crippen molar-refractivity contribution in [3.05, 3.63) is 33.8 Å². The predicted molar refractivity (Wildman–Crippen MR) is 83.2 cm³/mol. The van der Waals surface area contributed by atoms with Crippen molar-refractivity contribution in [3.8, 4) is 0 Å². The highest BCUT2D eigenvalue weighted by Crippen LogP contribution is 2.39. The average Bonchev–Trinajstić information content (AvgIpc) is 3.20. The summed E-state index contributed by atoms with van der Waals surface area (Å²) in [6.45, 7) is 3.38. The summed E-state index contributed by atoms with van der Waals surface area (Å²) in [5.74, 6) is 0. The van der Waals surface area contributed by atoms with Gasteiger partial charge in [0.05, 0.1) is 6.04 Å². The molecule has 1 saturated carbocycles. The minimum absolute atomic E-state index is 0.281. The molecule has 104 valence electrons. The Morgan fingerprint density at radius 1 is 1.21 bits per heavy atom. The lowest BCUT2D eigenvalue weighted by Crippen LogP contribution is -2.41. The van der Waals surface area contributed by atoms with Gasteiger partial charge in [0.2, 0.25) is 0 Å². The number of rotatable bonds is 2. The fourth-order valence-electron chi connectivity index (χ4n) is 3.32. The molecule has 2 atom stereocenters. The lowest BCUT2D eigenvalue weighted by atomic mass is 9.95. The molecule has 0 bridgehead atoms. The van der Waals surface area contributed by atoms with E-state index in [0.717, 1.165) is 12.5 Å². The van der Waals surface area contributed by atoms with Crippen LogP contribution in [0.2, 0.25) is 0 Å². The fraction of sp³-hybridized carbons (Fsp3) is 0.625. The summed E-state index contributed by atoms with van der Waals surface area (Å²) in [6, 6.07) is 8.23. The van der Waals surface area contributed by atoms with Gasteiger partial charge in [-0.25, -0.2) is 0 Å². The highest BCUT2D eigenvalue weighted by atomic mass is 79.9. The van der Waals surface area contributed by atoms with Crippen LogP contribution in [0.1, 0.15) is 49.3 Å². The van der Waals surface area contributed by atoms with Crippen molar-refractivity contribution in [2.45, 2.75) is 57.2 Å². The van der Waals surface area contributed by atoms with Crippen molar-refractivity contribution in [1.82, 2.24) is 4.90 Å². The van der Waals surface area contributed by atoms with Crippen molar-refractivity contribution in [2.24, 2.45) is 5.73 Å². The average molecular weight is 323 g/mol. The number of aryl methyl sites for hydroxylation is 1. The molecule has 2 nitrogen and oxygen atoms in total. The zero-order valence-electron chi connectivity index (χ0n) is 11.6. The second-order valence-corrected chi connectivity index (χ2v) is 6.94. The molecule has 3 heteroatoms. The molecule has 2 aliphatic rings. The van der Waals surface area contributed by atoms with Crippen LogP contribution in [0.15, 0.2) is 22.7 Å². The van der Waals surface area contributed by atoms with Crippen LogP contribution in [0.5, 0.6) is 0 Å². The fourth-order valence-corrected chi connectivity index (χ4v) is 3.57. The molecule has 1 heterocycles. The van der Waals surface area contributed by atoms with Gasteiger partial charge in [-0.05, 0) is 56.3 Å². The van der Waals surface area contributed by atoms with Gasteiger partial charge in [0.1, 0.15) is 0 Å². The van der Waals surface area contributed by atoms with Crippen molar-refractivity contribution in [1.29, 1.82) is 0 Å². The van der Waals surface area contributed by atoms with E-state index < -0.39 is 0 Å². The minimum Gasteiger partial charge on any atom is -0.326 e. The van der Waals surface area contributed by atoms with Gasteiger partial charge in [-0.15, -0.1) is 0 Å². The number of nitrogens with zero attached hydrogens (tertiary/aromatic N) is 1. The third kappa shape index (κ3) is 2.88. The summed E-state index contributed by atoms with van der Waals surface area (Å²) in [7, 11) is 0. The molecule has 0 spiro atoms. The first-order valence-corrected chi connectivity index (χ1v) is 8.23. The van der Waals surface area contributed by atoms with Gasteiger partial charge in [0, 0.05) is 16.6 Å². The van der Waals surface area contributed by atoms with E-state index in [1.165, 1.54) is 47.8 Å². The van der Waals surface area contributed by atoms with Crippen LogP contribution in [0.25, 0.3) is 0 Å². The molecule has 2 N–H and O–H groups in total. The van der Waals surface area contributed by atoms with Crippen LogP contribution >= 0.6 is 15.9 Å². The van der Waals surface area contributed by atoms with Crippen LogP contribution in [-0.2, 0) is 0 Å². The Morgan fingerprint density at radius 2 is 2.00 bits per heavy atom. The second kappa shape index (κ2) is 5.55. The molecule has 1 aromatic carbocycles. The van der Waals surface area contributed by atoms with Crippen LogP contribution in [0.3, 0.4) is 0 Å². The van der Waals surface area contributed by atoms with E-state index in [1.807, 2.05) is 0 Å². The van der Waals surface area contributed by atoms with Crippen LogP contribution in [-0.4, -0.2) is 23.5 Å². The number of halogens is 1. The van der Waals surface area contributed by atoms with Crippen LogP contribution in [0, 0.1) is 6.92 Å². The monoisotopic (exact) mass is 322 g/mol. The maximum absolute atomic E-state index is 6.50. The molecular weight excluding hydrogens is 300 g/mol. The quantitative estimate of drug-likeness (QED) is 0.897. The lowest BCUT2D eigenvalue weighted by molar-refractivity contribution is 0.175. The van der Waals surface area contributed by atoms with Gasteiger partial charge in [-0.3, -0.25) is 4.90 Å². The molecule has 0 amide bonds. The van der Waals surface area contributed by atoms with Gasteiger partial charge in [-0.2, -0.15) is 0 Å². The van der Waals surface area contributed by atoms with E-state index in [-0.39, 0.29) is 6.04 Å². The van der Waals surface area contributed by atoms with Crippen molar-refractivity contribution in [2.75, 3.05) is 6.54 Å². The van der Waals surface area contributed by atoms with E-state index in [1.54, 1.807) is 0 Å². The Balaban J connectivity index is 1.93. The third-order valence-electron chi connectivity index (χ3n) is 4.51. The Labute approximate surface area is 124 Å². The van der Waals surface area contributed by atoms with E-state index in [0.29, 0.717) is 6.04 Å². The van der Waals surface area contributed by atoms with Crippen LogP contribution in [0.4, 0.5) is 0 Å². The molecule has 2 fully saturated rings. The van der Waals surface area contributed by atoms with Gasteiger partial charge in [0.25, 0.3) is 0 Å². The highest BCUT2D eigenvalue weighted by molar-refractivity contribution is 9.10. The topological polar surface area (TPSA) is 29.3 Å². The summed E-state index contributed by atoms with van der Waals surface area (Å²) in [4.78, 5) is 2.68. The molecule has 19 heavy (non-hydrogen) atoms. The highest BCUT2D eigenvalue weighted by Gasteiger charge is 2.38. The number of likely N-dealkylation sites (tertiary alicyclic amines) is 1. The molecule has 1 aliphatic carbocycles. The van der Waals surface area contributed by atoms with Gasteiger partial charge >= 0.3 is 0 Å². The number of hydrogen-bond acceptors (Lipinski definition) is 2. The SMILES string of the molecule is Cc1cc(C2C(N)CCCCN2C2CC2)ccc1Br. The zero-order valence-corrected chi connectivity index (χ0v) is 13.2. The number of nitrogens with two attached hydrogens (primary N) is 1.